The first-order chi connectivity index (χ1) is 10.2. The summed E-state index contributed by atoms with van der Waals surface area (Å²) < 4.78 is 5.82. The van der Waals surface area contributed by atoms with Crippen molar-refractivity contribution in [2.24, 2.45) is 5.92 Å². The van der Waals surface area contributed by atoms with Crippen molar-refractivity contribution in [2.45, 2.75) is 58.0 Å². The fourth-order valence-electron chi connectivity index (χ4n) is 3.06. The quantitative estimate of drug-likeness (QED) is 0.814. The van der Waals surface area contributed by atoms with Crippen LogP contribution in [0.4, 0.5) is 0 Å². The molecule has 0 unspecified atom stereocenters. The van der Waals surface area contributed by atoms with Gasteiger partial charge in [0.25, 0.3) is 0 Å². The summed E-state index contributed by atoms with van der Waals surface area (Å²) in [4.78, 5) is 10.8. The summed E-state index contributed by atoms with van der Waals surface area (Å²) in [6.07, 6.45) is 8.76. The van der Waals surface area contributed by atoms with Crippen LogP contribution in [0.5, 0.6) is 0 Å². The highest BCUT2D eigenvalue weighted by atomic mass is 16.5. The van der Waals surface area contributed by atoms with E-state index in [0.717, 1.165) is 25.4 Å². The number of aromatic carboxylic acids is 1. The Labute approximate surface area is 127 Å². The van der Waals surface area contributed by atoms with Gasteiger partial charge in [-0.2, -0.15) is 0 Å². The van der Waals surface area contributed by atoms with E-state index in [1.54, 1.807) is 12.1 Å². The number of carboxylic acids is 1. The smallest absolute Gasteiger partial charge is 0.335 e. The van der Waals surface area contributed by atoms with Crippen molar-refractivity contribution in [3.05, 3.63) is 35.4 Å². The van der Waals surface area contributed by atoms with Crippen molar-refractivity contribution in [1.82, 2.24) is 0 Å². The molecule has 3 nitrogen and oxygen atoms in total. The van der Waals surface area contributed by atoms with Crippen LogP contribution in [-0.2, 0) is 11.2 Å². The molecule has 0 amide bonds. The molecule has 0 radical (unpaired) electrons. The molecule has 1 aliphatic carbocycles. The molecule has 1 saturated carbocycles. The number of aryl methyl sites for hydroxylation is 1. The predicted molar refractivity (Wildman–Crippen MR) is 83.7 cm³/mol. The summed E-state index contributed by atoms with van der Waals surface area (Å²) in [5.74, 6) is -0.0578. The number of rotatable bonds is 7. The fraction of sp³-hybridized carbons (Fsp3) is 0.611. The zero-order valence-corrected chi connectivity index (χ0v) is 12.9. The maximum absolute atomic E-state index is 10.8. The maximum Gasteiger partial charge on any atom is 0.335 e. The Hall–Kier alpha value is -1.35. The SMILES string of the molecule is CCCOC1CCC(CCc2ccc(C(=O)O)cc2)CC1. The van der Waals surface area contributed by atoms with Crippen molar-refractivity contribution in [3.63, 3.8) is 0 Å². The molecule has 0 aromatic heterocycles. The second kappa shape index (κ2) is 8.18. The van der Waals surface area contributed by atoms with Gasteiger partial charge in [-0.05, 0) is 68.6 Å². The minimum absolute atomic E-state index is 0.368. The number of carboxylic acid groups (broad SMARTS) is 1. The van der Waals surface area contributed by atoms with Crippen LogP contribution in [0.15, 0.2) is 24.3 Å². The Morgan fingerprint density at radius 2 is 1.86 bits per heavy atom. The van der Waals surface area contributed by atoms with E-state index in [-0.39, 0.29) is 0 Å². The second-order valence-electron chi connectivity index (χ2n) is 6.05. The largest absolute Gasteiger partial charge is 0.478 e. The van der Waals surface area contributed by atoms with E-state index in [4.69, 9.17) is 9.84 Å². The lowest BCUT2D eigenvalue weighted by Crippen LogP contribution is -2.22. The molecule has 0 atom stereocenters. The minimum Gasteiger partial charge on any atom is -0.478 e. The number of benzene rings is 1. The van der Waals surface area contributed by atoms with Crippen molar-refractivity contribution < 1.29 is 14.6 Å². The Bertz CT molecular complexity index is 430. The number of ether oxygens (including phenoxy) is 1. The molecule has 0 aliphatic heterocycles. The van der Waals surface area contributed by atoms with Crippen LogP contribution in [0, 0.1) is 5.92 Å². The van der Waals surface area contributed by atoms with E-state index in [1.165, 1.54) is 37.7 Å². The molecule has 1 N–H and O–H groups in total. The maximum atomic E-state index is 10.8. The second-order valence-corrected chi connectivity index (χ2v) is 6.05. The summed E-state index contributed by atoms with van der Waals surface area (Å²) in [6, 6.07) is 7.29. The van der Waals surface area contributed by atoms with Crippen LogP contribution in [0.3, 0.4) is 0 Å². The van der Waals surface area contributed by atoms with E-state index >= 15 is 0 Å². The third kappa shape index (κ3) is 5.16. The zero-order chi connectivity index (χ0) is 15.1. The molecule has 1 aromatic carbocycles. The van der Waals surface area contributed by atoms with Gasteiger partial charge in [0.1, 0.15) is 0 Å². The van der Waals surface area contributed by atoms with Gasteiger partial charge < -0.3 is 9.84 Å². The highest BCUT2D eigenvalue weighted by molar-refractivity contribution is 5.87. The van der Waals surface area contributed by atoms with Gasteiger partial charge in [0.2, 0.25) is 0 Å². The molecule has 1 fully saturated rings. The van der Waals surface area contributed by atoms with Gasteiger partial charge in [-0.25, -0.2) is 4.79 Å². The minimum atomic E-state index is -0.855. The van der Waals surface area contributed by atoms with E-state index < -0.39 is 5.97 Å². The van der Waals surface area contributed by atoms with Crippen LogP contribution in [0.1, 0.15) is 61.4 Å². The summed E-state index contributed by atoms with van der Waals surface area (Å²) in [5, 5.41) is 8.88. The summed E-state index contributed by atoms with van der Waals surface area (Å²) in [6.45, 7) is 3.05. The van der Waals surface area contributed by atoms with Crippen LogP contribution < -0.4 is 0 Å². The first-order valence-corrected chi connectivity index (χ1v) is 8.13. The molecular weight excluding hydrogens is 264 g/mol. The monoisotopic (exact) mass is 290 g/mol. The van der Waals surface area contributed by atoms with E-state index in [0.29, 0.717) is 11.7 Å². The first-order valence-electron chi connectivity index (χ1n) is 8.13. The molecule has 0 saturated heterocycles. The molecule has 1 aromatic rings. The first kappa shape index (κ1) is 16.0. The number of carbonyl (C=O) groups is 1. The molecule has 21 heavy (non-hydrogen) atoms. The van der Waals surface area contributed by atoms with Gasteiger partial charge in [0.05, 0.1) is 11.7 Å². The van der Waals surface area contributed by atoms with Gasteiger partial charge in [-0.3, -0.25) is 0 Å². The highest BCUT2D eigenvalue weighted by Gasteiger charge is 2.21. The molecular formula is C18H26O3. The summed E-state index contributed by atoms with van der Waals surface area (Å²) in [5.41, 5.74) is 1.61. The molecule has 2 rings (SSSR count). The average Bonchev–Trinajstić information content (AvgIpc) is 2.52. The number of hydrogen-bond acceptors (Lipinski definition) is 2. The Morgan fingerprint density at radius 3 is 2.43 bits per heavy atom. The van der Waals surface area contributed by atoms with Crippen molar-refractivity contribution in [1.29, 1.82) is 0 Å². The van der Waals surface area contributed by atoms with E-state index in [9.17, 15) is 4.79 Å². The molecule has 116 valence electrons. The van der Waals surface area contributed by atoms with Crippen LogP contribution in [0.2, 0.25) is 0 Å². The Balaban J connectivity index is 1.70. The van der Waals surface area contributed by atoms with Gasteiger partial charge in [0.15, 0.2) is 0 Å². The summed E-state index contributed by atoms with van der Waals surface area (Å²) >= 11 is 0. The van der Waals surface area contributed by atoms with Gasteiger partial charge in [0, 0.05) is 6.61 Å². The lowest BCUT2D eigenvalue weighted by atomic mass is 9.83. The van der Waals surface area contributed by atoms with Gasteiger partial charge >= 0.3 is 5.97 Å². The zero-order valence-electron chi connectivity index (χ0n) is 12.9. The Morgan fingerprint density at radius 1 is 1.19 bits per heavy atom. The third-order valence-electron chi connectivity index (χ3n) is 4.39. The molecule has 3 heteroatoms. The van der Waals surface area contributed by atoms with Crippen molar-refractivity contribution >= 4 is 5.97 Å². The van der Waals surface area contributed by atoms with Crippen molar-refractivity contribution in [3.8, 4) is 0 Å². The lowest BCUT2D eigenvalue weighted by Gasteiger charge is -2.28. The summed E-state index contributed by atoms with van der Waals surface area (Å²) in [7, 11) is 0. The average molecular weight is 290 g/mol. The standard InChI is InChI=1S/C18H26O3/c1-2-13-21-17-11-7-15(8-12-17)4-3-14-5-9-16(10-6-14)18(19)20/h5-6,9-10,15,17H,2-4,7-8,11-13H2,1H3,(H,19,20). The van der Waals surface area contributed by atoms with E-state index in [1.807, 2.05) is 12.1 Å². The molecule has 1 aliphatic rings. The molecule has 0 spiro atoms. The topological polar surface area (TPSA) is 46.5 Å². The number of hydrogen-bond donors (Lipinski definition) is 1. The highest BCUT2D eigenvalue weighted by Crippen LogP contribution is 2.29. The molecule has 0 heterocycles. The van der Waals surface area contributed by atoms with Gasteiger partial charge in [-0.15, -0.1) is 0 Å². The van der Waals surface area contributed by atoms with Crippen molar-refractivity contribution in [2.75, 3.05) is 6.61 Å². The van der Waals surface area contributed by atoms with Crippen LogP contribution in [0.25, 0.3) is 0 Å². The Kier molecular flexibility index (Phi) is 6.24. The lowest BCUT2D eigenvalue weighted by molar-refractivity contribution is 0.0177. The molecule has 0 bridgehead atoms. The van der Waals surface area contributed by atoms with Crippen LogP contribution >= 0.6 is 0 Å². The fourth-order valence-corrected chi connectivity index (χ4v) is 3.06. The van der Waals surface area contributed by atoms with Crippen LogP contribution in [-0.4, -0.2) is 23.8 Å². The third-order valence-corrected chi connectivity index (χ3v) is 4.39. The van der Waals surface area contributed by atoms with Gasteiger partial charge in [-0.1, -0.05) is 19.1 Å². The van der Waals surface area contributed by atoms with E-state index in [2.05, 4.69) is 6.92 Å². The predicted octanol–water partition coefficient (Wildman–Crippen LogP) is 4.30. The normalized spacial score (nSPS) is 22.1.